The van der Waals surface area contributed by atoms with E-state index in [1.165, 1.54) is 5.69 Å². The fraction of sp³-hybridized carbons (Fsp3) is 0.692. The van der Waals surface area contributed by atoms with Crippen molar-refractivity contribution in [2.24, 2.45) is 17.8 Å². The first-order valence-electron chi connectivity index (χ1n) is 6.32. The third-order valence-electron chi connectivity index (χ3n) is 4.24. The van der Waals surface area contributed by atoms with Crippen LogP contribution >= 0.6 is 22.6 Å². The summed E-state index contributed by atoms with van der Waals surface area (Å²) in [6.07, 6.45) is 3.34. The van der Waals surface area contributed by atoms with Crippen molar-refractivity contribution in [1.29, 1.82) is 0 Å². The Balaban J connectivity index is 1.82. The first-order valence-corrected chi connectivity index (χ1v) is 7.40. The minimum Gasteiger partial charge on any atom is -0.303 e. The maximum Gasteiger partial charge on any atom is 0.123 e. The summed E-state index contributed by atoms with van der Waals surface area (Å²) < 4.78 is 3.25. The Morgan fingerprint density at radius 1 is 1.47 bits per heavy atom. The Morgan fingerprint density at radius 2 is 2.12 bits per heavy atom. The summed E-state index contributed by atoms with van der Waals surface area (Å²) in [7, 11) is 0. The van der Waals surface area contributed by atoms with Crippen LogP contribution in [0, 0.1) is 21.5 Å². The van der Waals surface area contributed by atoms with Gasteiger partial charge in [-0.2, -0.15) is 5.10 Å². The van der Waals surface area contributed by atoms with Gasteiger partial charge in [0.05, 0.1) is 0 Å². The molecule has 2 aliphatic carbocycles. The number of aromatic nitrogens is 2. The van der Waals surface area contributed by atoms with Gasteiger partial charge in [0.2, 0.25) is 0 Å². The third-order valence-corrected chi connectivity index (χ3v) is 4.77. The lowest BCUT2D eigenvalue weighted by Crippen LogP contribution is -2.09. The van der Waals surface area contributed by atoms with Gasteiger partial charge in [-0.3, -0.25) is 4.68 Å². The van der Waals surface area contributed by atoms with E-state index >= 15 is 0 Å². The number of hydrogen-bond donors (Lipinski definition) is 0. The summed E-state index contributed by atoms with van der Waals surface area (Å²) in [6, 6.07) is 2.65. The summed E-state index contributed by atoms with van der Waals surface area (Å²) in [5.74, 6) is 2.49. The summed E-state index contributed by atoms with van der Waals surface area (Å²) >= 11 is 2.29. The molecule has 2 saturated carbocycles. The van der Waals surface area contributed by atoms with Gasteiger partial charge in [0.15, 0.2) is 0 Å². The van der Waals surface area contributed by atoms with Gasteiger partial charge in [-0.15, -0.1) is 0 Å². The quantitative estimate of drug-likeness (QED) is 0.624. The zero-order valence-corrected chi connectivity index (χ0v) is 12.3. The van der Waals surface area contributed by atoms with E-state index in [9.17, 15) is 4.79 Å². The van der Waals surface area contributed by atoms with Crippen molar-refractivity contribution in [3.63, 3.8) is 0 Å². The summed E-state index contributed by atoms with van der Waals surface area (Å²) in [5, 5.41) is 4.57. The third kappa shape index (κ3) is 1.84. The molecule has 0 amide bonds. The van der Waals surface area contributed by atoms with Crippen LogP contribution in [0.15, 0.2) is 6.07 Å². The number of hydrogen-bond acceptors (Lipinski definition) is 2. The van der Waals surface area contributed by atoms with Crippen LogP contribution in [-0.4, -0.2) is 16.1 Å². The molecule has 0 aliphatic heterocycles. The van der Waals surface area contributed by atoms with E-state index in [0.29, 0.717) is 17.9 Å². The molecule has 0 saturated heterocycles. The lowest BCUT2D eigenvalue weighted by Gasteiger charge is -2.13. The summed E-state index contributed by atoms with van der Waals surface area (Å²) in [5.41, 5.74) is 1.39. The average Bonchev–Trinajstić information content (AvgIpc) is 2.66. The van der Waals surface area contributed by atoms with Crippen molar-refractivity contribution in [2.45, 2.75) is 38.6 Å². The van der Waals surface area contributed by atoms with Gasteiger partial charge < -0.3 is 4.79 Å². The second kappa shape index (κ2) is 4.07. The Hall–Kier alpha value is -0.390. The zero-order chi connectivity index (χ0) is 12.2. The Labute approximate surface area is 115 Å². The molecule has 1 aromatic rings. The first-order chi connectivity index (χ1) is 8.11. The van der Waals surface area contributed by atoms with Crippen molar-refractivity contribution >= 4 is 28.9 Å². The molecule has 0 bridgehead atoms. The van der Waals surface area contributed by atoms with E-state index in [0.717, 1.165) is 34.7 Å². The number of carbonyl (C=O) groups is 1. The predicted octanol–water partition coefficient (Wildman–Crippen LogP) is 3.01. The minimum absolute atomic E-state index is 0.329. The van der Waals surface area contributed by atoms with Gasteiger partial charge in [0.1, 0.15) is 9.99 Å². The van der Waals surface area contributed by atoms with Crippen molar-refractivity contribution in [1.82, 2.24) is 9.78 Å². The highest BCUT2D eigenvalue weighted by Crippen LogP contribution is 2.64. The second-order valence-corrected chi connectivity index (χ2v) is 6.76. The smallest absolute Gasteiger partial charge is 0.123 e. The van der Waals surface area contributed by atoms with Crippen molar-refractivity contribution < 1.29 is 4.79 Å². The number of fused-ring (bicyclic) bond motifs is 1. The van der Waals surface area contributed by atoms with Crippen molar-refractivity contribution in [3.05, 3.63) is 15.5 Å². The molecule has 2 unspecified atom stereocenters. The molecule has 3 nitrogen and oxygen atoms in total. The van der Waals surface area contributed by atoms with Gasteiger partial charge in [0.25, 0.3) is 0 Å². The highest BCUT2D eigenvalue weighted by Gasteiger charge is 2.57. The molecule has 2 atom stereocenters. The van der Waals surface area contributed by atoms with Crippen LogP contribution in [0.4, 0.5) is 0 Å². The van der Waals surface area contributed by atoms with E-state index in [4.69, 9.17) is 0 Å². The summed E-state index contributed by atoms with van der Waals surface area (Å²) in [6.45, 7) is 4.36. The SMILES string of the molecule is CC(C)n1nc(I)cc1C1C2CC(C=O)CC21. The monoisotopic (exact) mass is 344 g/mol. The molecule has 0 radical (unpaired) electrons. The fourth-order valence-electron chi connectivity index (χ4n) is 3.47. The predicted molar refractivity (Wildman–Crippen MR) is 73.8 cm³/mol. The van der Waals surface area contributed by atoms with E-state index in [-0.39, 0.29) is 0 Å². The highest BCUT2D eigenvalue weighted by molar-refractivity contribution is 14.1. The molecular weight excluding hydrogens is 327 g/mol. The van der Waals surface area contributed by atoms with E-state index in [1.807, 2.05) is 0 Å². The van der Waals surface area contributed by atoms with Gasteiger partial charge in [0, 0.05) is 23.6 Å². The second-order valence-electron chi connectivity index (χ2n) is 5.65. The molecule has 92 valence electrons. The van der Waals surface area contributed by atoms with E-state index in [1.54, 1.807) is 0 Å². The lowest BCUT2D eigenvalue weighted by atomic mass is 10.00. The fourth-order valence-corrected chi connectivity index (χ4v) is 4.02. The van der Waals surface area contributed by atoms with Crippen LogP contribution in [0.25, 0.3) is 0 Å². The van der Waals surface area contributed by atoms with Crippen LogP contribution in [0.2, 0.25) is 0 Å². The largest absolute Gasteiger partial charge is 0.303 e. The number of halogens is 1. The highest BCUT2D eigenvalue weighted by atomic mass is 127. The maximum atomic E-state index is 10.8. The normalized spacial score (nSPS) is 35.1. The number of carbonyl (C=O) groups excluding carboxylic acids is 1. The molecule has 2 fully saturated rings. The Kier molecular flexibility index (Phi) is 2.80. The number of nitrogens with zero attached hydrogens (tertiary/aromatic N) is 2. The van der Waals surface area contributed by atoms with Crippen molar-refractivity contribution in [3.8, 4) is 0 Å². The summed E-state index contributed by atoms with van der Waals surface area (Å²) in [4.78, 5) is 10.8. The van der Waals surface area contributed by atoms with Crippen LogP contribution in [0.5, 0.6) is 0 Å². The molecule has 3 rings (SSSR count). The topological polar surface area (TPSA) is 34.9 Å². The van der Waals surface area contributed by atoms with Crippen molar-refractivity contribution in [2.75, 3.05) is 0 Å². The zero-order valence-electron chi connectivity index (χ0n) is 10.1. The minimum atomic E-state index is 0.329. The number of rotatable bonds is 3. The first kappa shape index (κ1) is 11.7. The molecule has 4 heteroatoms. The van der Waals surface area contributed by atoms with Crippen LogP contribution in [0.1, 0.15) is 44.3 Å². The molecular formula is C13H17IN2O. The van der Waals surface area contributed by atoms with E-state index in [2.05, 4.69) is 52.3 Å². The Morgan fingerprint density at radius 3 is 2.65 bits per heavy atom. The molecule has 1 aromatic heterocycles. The molecule has 17 heavy (non-hydrogen) atoms. The van der Waals surface area contributed by atoms with Gasteiger partial charge in [-0.1, -0.05) is 0 Å². The molecule has 0 spiro atoms. The lowest BCUT2D eigenvalue weighted by molar-refractivity contribution is -0.111. The molecule has 0 N–H and O–H groups in total. The number of aldehydes is 1. The standard InChI is InChI=1S/C13H17IN2O/c1-7(2)16-11(5-12(14)15-16)13-9-3-8(6-17)4-10(9)13/h5-10,13H,3-4H2,1-2H3. The van der Waals surface area contributed by atoms with Gasteiger partial charge in [-0.05, 0) is 67.2 Å². The molecule has 1 heterocycles. The maximum absolute atomic E-state index is 10.8. The van der Waals surface area contributed by atoms with E-state index < -0.39 is 0 Å². The molecule has 2 aliphatic rings. The average molecular weight is 344 g/mol. The van der Waals surface area contributed by atoms with Gasteiger partial charge >= 0.3 is 0 Å². The van der Waals surface area contributed by atoms with Crippen LogP contribution in [-0.2, 0) is 4.79 Å². The van der Waals surface area contributed by atoms with Crippen LogP contribution < -0.4 is 0 Å². The van der Waals surface area contributed by atoms with Crippen LogP contribution in [0.3, 0.4) is 0 Å². The molecule has 0 aromatic carbocycles. The Bertz CT molecular complexity index is 442. The van der Waals surface area contributed by atoms with Gasteiger partial charge in [-0.25, -0.2) is 0 Å².